The number of benzene rings is 2. The molecule has 2 aromatic rings. The van der Waals surface area contributed by atoms with Crippen molar-refractivity contribution in [2.24, 2.45) is 5.73 Å². The third kappa shape index (κ3) is 3.85. The number of halogens is 2. The van der Waals surface area contributed by atoms with Gasteiger partial charge in [0.1, 0.15) is 4.90 Å². The highest BCUT2D eigenvalue weighted by Gasteiger charge is 2.18. The van der Waals surface area contributed by atoms with E-state index >= 15 is 0 Å². The van der Waals surface area contributed by atoms with Crippen LogP contribution in [-0.2, 0) is 16.6 Å². The molecule has 0 amide bonds. The number of hydrogen-bond acceptors (Lipinski definition) is 3. The van der Waals surface area contributed by atoms with Crippen LogP contribution in [0.15, 0.2) is 50.2 Å². The summed E-state index contributed by atoms with van der Waals surface area (Å²) in [5, 5.41) is 0. The lowest BCUT2D eigenvalue weighted by Crippen LogP contribution is -2.14. The minimum absolute atomic E-state index is 0.177. The normalized spacial score (nSPS) is 11.4. The van der Waals surface area contributed by atoms with Crippen LogP contribution in [0.4, 0.5) is 5.69 Å². The highest BCUT2D eigenvalue weighted by molar-refractivity contribution is 9.10. The van der Waals surface area contributed by atoms with E-state index < -0.39 is 10.0 Å². The Morgan fingerprint density at radius 1 is 1.10 bits per heavy atom. The molecule has 3 N–H and O–H groups in total. The molecule has 2 aromatic carbocycles. The van der Waals surface area contributed by atoms with Crippen LogP contribution in [-0.4, -0.2) is 8.42 Å². The Kier molecular flexibility index (Phi) is 5.08. The van der Waals surface area contributed by atoms with Crippen LogP contribution < -0.4 is 10.5 Å². The van der Waals surface area contributed by atoms with E-state index in [-0.39, 0.29) is 4.90 Å². The monoisotopic (exact) mass is 432 g/mol. The molecular formula is C14H14Br2N2O2S. The first-order chi connectivity index (χ1) is 9.83. The fourth-order valence-corrected chi connectivity index (χ4v) is 4.31. The average Bonchev–Trinajstić information content (AvgIpc) is 2.42. The SMILES string of the molecule is Cc1ccc(NS(=O)(=O)c2ccc(CN)cc2Br)cc1Br. The van der Waals surface area contributed by atoms with Crippen molar-refractivity contribution in [3.8, 4) is 0 Å². The minimum Gasteiger partial charge on any atom is -0.326 e. The molecule has 0 unspecified atom stereocenters. The Morgan fingerprint density at radius 2 is 1.81 bits per heavy atom. The lowest BCUT2D eigenvalue weighted by Gasteiger charge is -2.11. The van der Waals surface area contributed by atoms with Gasteiger partial charge < -0.3 is 5.73 Å². The third-order valence-electron chi connectivity index (χ3n) is 2.95. The summed E-state index contributed by atoms with van der Waals surface area (Å²) >= 11 is 6.66. The molecule has 0 radical (unpaired) electrons. The van der Waals surface area contributed by atoms with Crippen LogP contribution in [0.5, 0.6) is 0 Å². The number of nitrogens with two attached hydrogens (primary N) is 1. The topological polar surface area (TPSA) is 72.2 Å². The fraction of sp³-hybridized carbons (Fsp3) is 0.143. The van der Waals surface area contributed by atoms with Gasteiger partial charge in [-0.1, -0.05) is 28.1 Å². The van der Waals surface area contributed by atoms with Crippen LogP contribution in [0.25, 0.3) is 0 Å². The summed E-state index contributed by atoms with van der Waals surface area (Å²) in [5.41, 5.74) is 7.94. The van der Waals surface area contributed by atoms with Crippen LogP contribution in [0.1, 0.15) is 11.1 Å². The Labute approximate surface area is 141 Å². The fourth-order valence-electron chi connectivity index (χ4n) is 1.76. The van der Waals surface area contributed by atoms with E-state index in [4.69, 9.17) is 5.73 Å². The first-order valence-corrected chi connectivity index (χ1v) is 9.18. The van der Waals surface area contributed by atoms with Gasteiger partial charge in [-0.2, -0.15) is 0 Å². The second-order valence-corrected chi connectivity index (χ2v) is 7.90. The highest BCUT2D eigenvalue weighted by atomic mass is 79.9. The van der Waals surface area contributed by atoms with Gasteiger partial charge in [-0.25, -0.2) is 8.42 Å². The first-order valence-electron chi connectivity index (χ1n) is 6.11. The Morgan fingerprint density at radius 3 is 2.38 bits per heavy atom. The van der Waals surface area contributed by atoms with E-state index in [1.54, 1.807) is 24.3 Å². The molecule has 4 nitrogen and oxygen atoms in total. The van der Waals surface area contributed by atoms with Gasteiger partial charge in [-0.3, -0.25) is 4.72 Å². The number of anilines is 1. The molecule has 0 atom stereocenters. The average molecular weight is 434 g/mol. The summed E-state index contributed by atoms with van der Waals surface area (Å²) < 4.78 is 28.8. The van der Waals surface area contributed by atoms with Crippen LogP contribution in [0, 0.1) is 6.92 Å². The molecule has 0 saturated carbocycles. The minimum atomic E-state index is -3.66. The maximum atomic E-state index is 12.4. The van der Waals surface area contributed by atoms with Gasteiger partial charge in [0, 0.05) is 21.2 Å². The van der Waals surface area contributed by atoms with Crippen molar-refractivity contribution in [1.82, 2.24) is 0 Å². The third-order valence-corrected chi connectivity index (χ3v) is 6.16. The molecular weight excluding hydrogens is 420 g/mol. The number of nitrogens with one attached hydrogen (secondary N) is 1. The van der Waals surface area contributed by atoms with Crippen molar-refractivity contribution in [3.63, 3.8) is 0 Å². The summed E-state index contributed by atoms with van der Waals surface area (Å²) in [5.74, 6) is 0. The van der Waals surface area contributed by atoms with E-state index in [2.05, 4.69) is 36.6 Å². The standard InChI is InChI=1S/C14H14Br2N2O2S/c1-9-2-4-11(7-12(9)15)18-21(19,20)14-5-3-10(8-17)6-13(14)16/h2-7,18H,8,17H2,1H3. The zero-order valence-corrected chi connectivity index (χ0v) is 15.2. The second kappa shape index (κ2) is 6.48. The van der Waals surface area contributed by atoms with Gasteiger partial charge >= 0.3 is 0 Å². The predicted octanol–water partition coefficient (Wildman–Crippen LogP) is 3.78. The van der Waals surface area contributed by atoms with Gasteiger partial charge in [0.25, 0.3) is 10.0 Å². The molecule has 0 aliphatic rings. The Hall–Kier alpha value is -0.890. The van der Waals surface area contributed by atoms with Gasteiger partial charge in [0.05, 0.1) is 0 Å². The lowest BCUT2D eigenvalue weighted by molar-refractivity contribution is 0.600. The number of hydrogen-bond donors (Lipinski definition) is 2. The molecule has 112 valence electrons. The molecule has 0 aliphatic carbocycles. The van der Waals surface area contributed by atoms with E-state index in [1.807, 2.05) is 13.0 Å². The number of rotatable bonds is 4. The zero-order chi connectivity index (χ0) is 15.6. The Balaban J connectivity index is 2.36. The second-order valence-electron chi connectivity index (χ2n) is 4.54. The Bertz CT molecular complexity index is 777. The van der Waals surface area contributed by atoms with Crippen LogP contribution in [0.3, 0.4) is 0 Å². The summed E-state index contributed by atoms with van der Waals surface area (Å²) in [6.07, 6.45) is 0. The van der Waals surface area contributed by atoms with Crippen molar-refractivity contribution < 1.29 is 8.42 Å². The van der Waals surface area contributed by atoms with Crippen molar-refractivity contribution >= 4 is 47.6 Å². The molecule has 7 heteroatoms. The first kappa shape index (κ1) is 16.5. The molecule has 0 fully saturated rings. The van der Waals surface area contributed by atoms with Crippen molar-refractivity contribution in [1.29, 1.82) is 0 Å². The van der Waals surface area contributed by atoms with Gasteiger partial charge in [-0.05, 0) is 58.2 Å². The molecule has 0 aromatic heterocycles. The molecule has 0 saturated heterocycles. The molecule has 0 aliphatic heterocycles. The van der Waals surface area contributed by atoms with E-state index in [1.165, 1.54) is 6.07 Å². The summed E-state index contributed by atoms with van der Waals surface area (Å²) in [4.78, 5) is 0.177. The van der Waals surface area contributed by atoms with E-state index in [9.17, 15) is 8.42 Å². The van der Waals surface area contributed by atoms with Gasteiger partial charge in [0.2, 0.25) is 0 Å². The van der Waals surface area contributed by atoms with Gasteiger partial charge in [0.15, 0.2) is 0 Å². The van der Waals surface area contributed by atoms with E-state index in [0.717, 1.165) is 15.6 Å². The summed E-state index contributed by atoms with van der Waals surface area (Å²) in [6.45, 7) is 2.29. The van der Waals surface area contributed by atoms with E-state index in [0.29, 0.717) is 16.7 Å². The lowest BCUT2D eigenvalue weighted by atomic mass is 10.2. The highest BCUT2D eigenvalue weighted by Crippen LogP contribution is 2.27. The van der Waals surface area contributed by atoms with Crippen molar-refractivity contribution in [3.05, 3.63) is 56.5 Å². The van der Waals surface area contributed by atoms with Crippen LogP contribution >= 0.6 is 31.9 Å². The van der Waals surface area contributed by atoms with Crippen molar-refractivity contribution in [2.75, 3.05) is 4.72 Å². The molecule has 2 rings (SSSR count). The van der Waals surface area contributed by atoms with Gasteiger partial charge in [-0.15, -0.1) is 0 Å². The largest absolute Gasteiger partial charge is 0.326 e. The molecule has 21 heavy (non-hydrogen) atoms. The quantitative estimate of drug-likeness (QED) is 0.770. The molecule has 0 bridgehead atoms. The maximum Gasteiger partial charge on any atom is 0.263 e. The number of sulfonamides is 1. The molecule has 0 spiro atoms. The summed E-state index contributed by atoms with van der Waals surface area (Å²) in [7, 11) is -3.66. The zero-order valence-electron chi connectivity index (χ0n) is 11.2. The summed E-state index contributed by atoms with van der Waals surface area (Å²) in [6, 6.07) is 10.2. The van der Waals surface area contributed by atoms with Crippen LogP contribution in [0.2, 0.25) is 0 Å². The maximum absolute atomic E-state index is 12.4. The smallest absolute Gasteiger partial charge is 0.263 e. The predicted molar refractivity (Wildman–Crippen MR) is 91.7 cm³/mol. The van der Waals surface area contributed by atoms with Crippen molar-refractivity contribution in [2.45, 2.75) is 18.4 Å². The number of aryl methyl sites for hydroxylation is 1. The molecule has 0 heterocycles.